The number of halogens is 1. The lowest BCUT2D eigenvalue weighted by molar-refractivity contribution is 0.101. The predicted octanol–water partition coefficient (Wildman–Crippen LogP) is 3.36. The summed E-state index contributed by atoms with van der Waals surface area (Å²) in [6.07, 6.45) is 0. The number of nitrogens with two attached hydrogens (primary N) is 1. The molecule has 0 saturated heterocycles. The molecule has 0 saturated carbocycles. The number of carbonyl (C=O) groups excluding carboxylic acids is 1. The molecule has 0 amide bonds. The van der Waals surface area contributed by atoms with Gasteiger partial charge >= 0.3 is 0 Å². The summed E-state index contributed by atoms with van der Waals surface area (Å²) in [5.74, 6) is -0.399. The van der Waals surface area contributed by atoms with Crippen molar-refractivity contribution in [1.82, 2.24) is 0 Å². The van der Waals surface area contributed by atoms with E-state index in [1.165, 1.54) is 26.2 Å². The first-order valence-electron chi connectivity index (χ1n) is 6.02. The van der Waals surface area contributed by atoms with Crippen LogP contribution in [0, 0.1) is 5.82 Å². The Balaban J connectivity index is 2.28. The summed E-state index contributed by atoms with van der Waals surface area (Å²) < 4.78 is 18.4. The van der Waals surface area contributed by atoms with E-state index in [9.17, 15) is 9.18 Å². The molecule has 4 nitrogen and oxygen atoms in total. The normalized spacial score (nSPS) is 10.2. The first kappa shape index (κ1) is 13.9. The van der Waals surface area contributed by atoms with Crippen molar-refractivity contribution in [2.75, 3.05) is 18.2 Å². The number of nitrogen functional groups attached to an aromatic ring is 1. The van der Waals surface area contributed by atoms with Gasteiger partial charge in [-0.05, 0) is 37.3 Å². The van der Waals surface area contributed by atoms with Gasteiger partial charge in [0, 0.05) is 28.7 Å². The maximum atomic E-state index is 13.6. The number of Topliss-reactive ketones (excluding diaryl/α,β-unsaturated/α-hetero) is 1. The highest BCUT2D eigenvalue weighted by atomic mass is 19.1. The van der Waals surface area contributed by atoms with Crippen LogP contribution in [0.5, 0.6) is 5.75 Å². The summed E-state index contributed by atoms with van der Waals surface area (Å²) in [5.41, 5.74) is 7.79. The molecule has 0 aromatic heterocycles. The fourth-order valence-corrected chi connectivity index (χ4v) is 1.85. The van der Waals surface area contributed by atoms with Crippen molar-refractivity contribution in [3.05, 3.63) is 47.8 Å². The Morgan fingerprint density at radius 3 is 2.45 bits per heavy atom. The van der Waals surface area contributed by atoms with Crippen molar-refractivity contribution >= 4 is 22.8 Å². The summed E-state index contributed by atoms with van der Waals surface area (Å²) in [6.45, 7) is 1.45. The van der Waals surface area contributed by atoms with E-state index in [1.807, 2.05) is 0 Å². The summed E-state index contributed by atoms with van der Waals surface area (Å²) in [5, 5.41) is 3.02. The molecular weight excluding hydrogens is 259 g/mol. The van der Waals surface area contributed by atoms with Crippen LogP contribution >= 0.6 is 0 Å². The molecule has 0 radical (unpaired) electrons. The third-order valence-electron chi connectivity index (χ3n) is 2.87. The monoisotopic (exact) mass is 274 g/mol. The van der Waals surface area contributed by atoms with E-state index in [-0.39, 0.29) is 11.5 Å². The molecule has 0 spiro atoms. The lowest BCUT2D eigenvalue weighted by atomic mass is 10.1. The molecule has 20 heavy (non-hydrogen) atoms. The molecule has 0 atom stereocenters. The smallest absolute Gasteiger partial charge is 0.167 e. The number of hydrogen-bond donors (Lipinski definition) is 2. The highest BCUT2D eigenvalue weighted by molar-refractivity contribution is 6.00. The maximum Gasteiger partial charge on any atom is 0.167 e. The molecule has 0 unspecified atom stereocenters. The average Bonchev–Trinajstić information content (AvgIpc) is 2.41. The van der Waals surface area contributed by atoms with Crippen LogP contribution in [0.1, 0.15) is 17.3 Å². The van der Waals surface area contributed by atoms with Gasteiger partial charge in [-0.15, -0.1) is 0 Å². The fraction of sp³-hybridized carbons (Fsp3) is 0.133. The van der Waals surface area contributed by atoms with Gasteiger partial charge in [0.15, 0.2) is 17.3 Å². The molecule has 0 aliphatic rings. The number of ether oxygens (including phenoxy) is 1. The van der Waals surface area contributed by atoms with E-state index in [2.05, 4.69) is 5.32 Å². The van der Waals surface area contributed by atoms with Gasteiger partial charge in [0.2, 0.25) is 0 Å². The molecular formula is C15H15FN2O2. The number of rotatable bonds is 4. The molecule has 3 N–H and O–H groups in total. The molecule has 2 aromatic carbocycles. The van der Waals surface area contributed by atoms with Gasteiger partial charge in [-0.1, -0.05) is 0 Å². The van der Waals surface area contributed by atoms with Gasteiger partial charge < -0.3 is 15.8 Å². The number of ketones is 1. The Morgan fingerprint density at radius 2 is 1.85 bits per heavy atom. The average molecular weight is 274 g/mol. The molecule has 0 aliphatic carbocycles. The van der Waals surface area contributed by atoms with Crippen molar-refractivity contribution in [1.29, 1.82) is 0 Å². The molecule has 2 aromatic rings. The second-order valence-electron chi connectivity index (χ2n) is 4.33. The van der Waals surface area contributed by atoms with Gasteiger partial charge in [0.05, 0.1) is 7.11 Å². The number of hydrogen-bond acceptors (Lipinski definition) is 4. The van der Waals surface area contributed by atoms with Crippen LogP contribution in [-0.2, 0) is 0 Å². The Kier molecular flexibility index (Phi) is 3.89. The fourth-order valence-electron chi connectivity index (χ4n) is 1.85. The Hall–Kier alpha value is -2.56. The van der Waals surface area contributed by atoms with Crippen molar-refractivity contribution in [2.24, 2.45) is 0 Å². The van der Waals surface area contributed by atoms with Gasteiger partial charge in [0.25, 0.3) is 0 Å². The minimum absolute atomic E-state index is 0.118. The first-order chi connectivity index (χ1) is 9.51. The standard InChI is InChI=1S/C15H15FN2O2/c1-9(19)12-7-10(3-5-14(12)17)18-11-4-6-15(20-2)13(16)8-11/h3-8,18H,17H2,1-2H3. The molecule has 0 heterocycles. The third kappa shape index (κ3) is 2.88. The van der Waals surface area contributed by atoms with Gasteiger partial charge in [0.1, 0.15) is 0 Å². The van der Waals surface area contributed by atoms with E-state index in [0.29, 0.717) is 22.6 Å². The van der Waals surface area contributed by atoms with Crippen LogP contribution < -0.4 is 15.8 Å². The Morgan fingerprint density at radius 1 is 1.20 bits per heavy atom. The molecule has 0 fully saturated rings. The van der Waals surface area contributed by atoms with E-state index < -0.39 is 5.82 Å². The van der Waals surface area contributed by atoms with Crippen molar-refractivity contribution in [3.63, 3.8) is 0 Å². The number of anilines is 3. The summed E-state index contributed by atoms with van der Waals surface area (Å²) in [6, 6.07) is 9.54. The first-order valence-corrected chi connectivity index (χ1v) is 6.02. The SMILES string of the molecule is COc1ccc(Nc2ccc(N)c(C(C)=O)c2)cc1F. The third-order valence-corrected chi connectivity index (χ3v) is 2.87. The van der Waals surface area contributed by atoms with Gasteiger partial charge in [-0.3, -0.25) is 4.79 Å². The lowest BCUT2D eigenvalue weighted by Gasteiger charge is -2.10. The van der Waals surface area contributed by atoms with Crippen LogP contribution in [0.25, 0.3) is 0 Å². The van der Waals surface area contributed by atoms with E-state index in [4.69, 9.17) is 10.5 Å². The molecule has 2 rings (SSSR count). The zero-order chi connectivity index (χ0) is 14.7. The molecule has 104 valence electrons. The van der Waals surface area contributed by atoms with E-state index in [0.717, 1.165) is 0 Å². The number of benzene rings is 2. The second-order valence-corrected chi connectivity index (χ2v) is 4.33. The molecule has 0 bridgehead atoms. The second kappa shape index (κ2) is 5.61. The van der Waals surface area contributed by atoms with Crippen molar-refractivity contribution < 1.29 is 13.9 Å². The van der Waals surface area contributed by atoms with E-state index in [1.54, 1.807) is 24.3 Å². The topological polar surface area (TPSA) is 64.3 Å². The number of nitrogens with one attached hydrogen (secondary N) is 1. The summed E-state index contributed by atoms with van der Waals surface area (Å²) in [7, 11) is 1.41. The largest absolute Gasteiger partial charge is 0.494 e. The van der Waals surface area contributed by atoms with Gasteiger partial charge in [-0.25, -0.2) is 4.39 Å². The number of methoxy groups -OCH3 is 1. The predicted molar refractivity (Wildman–Crippen MR) is 77.1 cm³/mol. The minimum atomic E-state index is -0.459. The zero-order valence-electron chi connectivity index (χ0n) is 11.2. The van der Waals surface area contributed by atoms with Crippen LogP contribution in [0.3, 0.4) is 0 Å². The summed E-state index contributed by atoms with van der Waals surface area (Å²) in [4.78, 5) is 11.4. The Labute approximate surface area is 116 Å². The van der Waals surface area contributed by atoms with Gasteiger partial charge in [-0.2, -0.15) is 0 Å². The van der Waals surface area contributed by atoms with Crippen LogP contribution in [0.2, 0.25) is 0 Å². The van der Waals surface area contributed by atoms with Crippen LogP contribution in [0.4, 0.5) is 21.5 Å². The van der Waals surface area contributed by atoms with E-state index >= 15 is 0 Å². The maximum absolute atomic E-state index is 13.6. The minimum Gasteiger partial charge on any atom is -0.494 e. The highest BCUT2D eigenvalue weighted by Crippen LogP contribution is 2.25. The molecule has 0 aliphatic heterocycles. The van der Waals surface area contributed by atoms with Crippen LogP contribution in [-0.4, -0.2) is 12.9 Å². The van der Waals surface area contributed by atoms with Crippen LogP contribution in [0.15, 0.2) is 36.4 Å². The quantitative estimate of drug-likeness (QED) is 0.662. The highest BCUT2D eigenvalue weighted by Gasteiger charge is 2.07. The lowest BCUT2D eigenvalue weighted by Crippen LogP contribution is -2.01. The van der Waals surface area contributed by atoms with Crippen molar-refractivity contribution in [2.45, 2.75) is 6.92 Å². The summed E-state index contributed by atoms with van der Waals surface area (Å²) >= 11 is 0. The molecule has 5 heteroatoms. The van der Waals surface area contributed by atoms with Crippen molar-refractivity contribution in [3.8, 4) is 5.75 Å². The Bertz CT molecular complexity index is 656. The number of carbonyl (C=O) groups is 1. The zero-order valence-corrected chi connectivity index (χ0v) is 11.2.